The van der Waals surface area contributed by atoms with Crippen molar-refractivity contribution in [3.63, 3.8) is 0 Å². The number of likely N-dealkylation sites (N-methyl/N-ethyl adjacent to an activating group) is 1. The molecule has 0 spiro atoms. The number of aromatic nitrogens is 3. The number of terminal acetylenes is 1. The zero-order chi connectivity index (χ0) is 24.7. The van der Waals surface area contributed by atoms with Gasteiger partial charge in [0.15, 0.2) is 17.2 Å². The molecule has 0 N–H and O–H groups in total. The Morgan fingerprint density at radius 1 is 1.24 bits per heavy atom. The third kappa shape index (κ3) is 5.37. The molecule has 0 saturated carbocycles. The number of carbonyl (C=O) groups excluding carboxylic acids is 1. The predicted molar refractivity (Wildman–Crippen MR) is 129 cm³/mol. The number of methoxy groups -OCH3 is 1. The van der Waals surface area contributed by atoms with Crippen LogP contribution in [0.5, 0.6) is 5.75 Å². The van der Waals surface area contributed by atoms with Gasteiger partial charge in [-0.15, -0.1) is 6.42 Å². The standard InChI is InChI=1S/C26H31FN4O3/c1-6-13-34-23-11-10-18(15-22(23)27)25-21(17-24(32)30(9-4)12-14-33-5)26-28-19(7-2)16-20(8-3)31(26)29-25/h1,10-11,15-16H,7-9,12-14,17H2,2-5H3. The molecule has 8 heteroatoms. The largest absolute Gasteiger partial charge is 0.478 e. The van der Waals surface area contributed by atoms with E-state index in [9.17, 15) is 9.18 Å². The number of halogens is 1. The molecule has 0 atom stereocenters. The number of aryl methyl sites for hydroxylation is 2. The molecular weight excluding hydrogens is 435 g/mol. The van der Waals surface area contributed by atoms with Gasteiger partial charge in [0.1, 0.15) is 6.61 Å². The monoisotopic (exact) mass is 466 g/mol. The number of benzene rings is 1. The van der Waals surface area contributed by atoms with Crippen molar-refractivity contribution in [2.75, 3.05) is 33.4 Å². The van der Waals surface area contributed by atoms with Crippen LogP contribution in [0, 0.1) is 18.2 Å². The van der Waals surface area contributed by atoms with Gasteiger partial charge in [-0.1, -0.05) is 19.8 Å². The van der Waals surface area contributed by atoms with E-state index >= 15 is 0 Å². The summed E-state index contributed by atoms with van der Waals surface area (Å²) in [4.78, 5) is 19.7. The molecule has 180 valence electrons. The number of fused-ring (bicyclic) bond motifs is 1. The molecule has 0 aliphatic rings. The molecule has 0 unspecified atom stereocenters. The van der Waals surface area contributed by atoms with Gasteiger partial charge in [0, 0.05) is 42.7 Å². The molecule has 2 aromatic heterocycles. The van der Waals surface area contributed by atoms with Crippen LogP contribution in [0.4, 0.5) is 4.39 Å². The van der Waals surface area contributed by atoms with Crippen LogP contribution in [0.25, 0.3) is 16.9 Å². The number of amides is 1. The zero-order valence-corrected chi connectivity index (χ0v) is 20.2. The highest BCUT2D eigenvalue weighted by Gasteiger charge is 2.23. The van der Waals surface area contributed by atoms with E-state index < -0.39 is 5.82 Å². The van der Waals surface area contributed by atoms with Gasteiger partial charge in [-0.05, 0) is 44.0 Å². The first kappa shape index (κ1) is 25.2. The van der Waals surface area contributed by atoms with E-state index in [4.69, 9.17) is 26.0 Å². The summed E-state index contributed by atoms with van der Waals surface area (Å²) in [5.74, 6) is 1.79. The summed E-state index contributed by atoms with van der Waals surface area (Å²) in [6.07, 6.45) is 6.80. The van der Waals surface area contributed by atoms with Crippen molar-refractivity contribution in [1.82, 2.24) is 19.5 Å². The number of nitrogens with zero attached hydrogens (tertiary/aromatic N) is 4. The Morgan fingerprint density at radius 3 is 2.65 bits per heavy atom. The molecular formula is C26H31FN4O3. The van der Waals surface area contributed by atoms with Crippen LogP contribution >= 0.6 is 0 Å². The Hall–Kier alpha value is -3.44. The number of hydrogen-bond donors (Lipinski definition) is 0. The third-order valence-electron chi connectivity index (χ3n) is 5.68. The summed E-state index contributed by atoms with van der Waals surface area (Å²) in [5.41, 5.74) is 4.24. The second-order valence-electron chi connectivity index (χ2n) is 7.79. The minimum absolute atomic E-state index is 0.0255. The van der Waals surface area contributed by atoms with Crippen LogP contribution in [-0.2, 0) is 28.8 Å². The molecule has 0 aliphatic carbocycles. The van der Waals surface area contributed by atoms with Gasteiger partial charge in [0.2, 0.25) is 5.91 Å². The molecule has 0 saturated heterocycles. The normalized spacial score (nSPS) is 10.9. The van der Waals surface area contributed by atoms with Crippen molar-refractivity contribution < 1.29 is 18.7 Å². The van der Waals surface area contributed by atoms with Crippen molar-refractivity contribution in [3.05, 3.63) is 47.0 Å². The van der Waals surface area contributed by atoms with E-state index in [2.05, 4.69) is 5.92 Å². The van der Waals surface area contributed by atoms with Gasteiger partial charge in [-0.3, -0.25) is 4.79 Å². The second kappa shape index (κ2) is 11.6. The second-order valence-corrected chi connectivity index (χ2v) is 7.79. The van der Waals surface area contributed by atoms with E-state index in [0.29, 0.717) is 42.2 Å². The third-order valence-corrected chi connectivity index (χ3v) is 5.68. The van der Waals surface area contributed by atoms with Gasteiger partial charge in [-0.2, -0.15) is 5.10 Å². The quantitative estimate of drug-likeness (QED) is 0.403. The van der Waals surface area contributed by atoms with Crippen molar-refractivity contribution in [3.8, 4) is 29.4 Å². The first-order valence-corrected chi connectivity index (χ1v) is 11.5. The maximum Gasteiger partial charge on any atom is 0.227 e. The molecule has 34 heavy (non-hydrogen) atoms. The minimum atomic E-state index is -0.546. The zero-order valence-electron chi connectivity index (χ0n) is 20.2. The number of carbonyl (C=O) groups is 1. The Kier molecular flexibility index (Phi) is 8.61. The maximum atomic E-state index is 14.8. The maximum absolute atomic E-state index is 14.8. The minimum Gasteiger partial charge on any atom is -0.478 e. The number of hydrogen-bond acceptors (Lipinski definition) is 5. The van der Waals surface area contributed by atoms with Gasteiger partial charge < -0.3 is 14.4 Å². The summed E-state index contributed by atoms with van der Waals surface area (Å²) >= 11 is 0. The highest BCUT2D eigenvalue weighted by molar-refractivity contribution is 5.85. The fourth-order valence-electron chi connectivity index (χ4n) is 3.81. The topological polar surface area (TPSA) is 69.0 Å². The van der Waals surface area contributed by atoms with E-state index in [1.54, 1.807) is 22.6 Å². The lowest BCUT2D eigenvalue weighted by Crippen LogP contribution is -2.34. The van der Waals surface area contributed by atoms with E-state index in [0.717, 1.165) is 24.2 Å². The van der Waals surface area contributed by atoms with E-state index in [1.165, 1.54) is 12.1 Å². The van der Waals surface area contributed by atoms with Gasteiger partial charge in [-0.25, -0.2) is 13.9 Å². The molecule has 0 aliphatic heterocycles. The molecule has 2 heterocycles. The summed E-state index contributed by atoms with van der Waals surface area (Å²) in [7, 11) is 1.61. The highest BCUT2D eigenvalue weighted by Crippen LogP contribution is 2.31. The van der Waals surface area contributed by atoms with Crippen LogP contribution in [0.1, 0.15) is 37.7 Å². The molecule has 0 bridgehead atoms. The lowest BCUT2D eigenvalue weighted by molar-refractivity contribution is -0.130. The Balaban J connectivity index is 2.14. The van der Waals surface area contributed by atoms with Crippen molar-refractivity contribution in [1.29, 1.82) is 0 Å². The van der Waals surface area contributed by atoms with E-state index in [-0.39, 0.29) is 24.7 Å². The fraction of sp³-hybridized carbons (Fsp3) is 0.423. The van der Waals surface area contributed by atoms with Crippen molar-refractivity contribution in [2.24, 2.45) is 0 Å². The molecule has 1 aromatic carbocycles. The van der Waals surface area contributed by atoms with Gasteiger partial charge >= 0.3 is 0 Å². The van der Waals surface area contributed by atoms with Crippen molar-refractivity contribution in [2.45, 2.75) is 40.0 Å². The Bertz CT molecular complexity index is 1200. The van der Waals surface area contributed by atoms with E-state index in [1.807, 2.05) is 26.8 Å². The summed E-state index contributed by atoms with van der Waals surface area (Å²) in [6, 6.07) is 6.62. The Labute approximate surface area is 199 Å². The number of ether oxygens (including phenoxy) is 2. The molecule has 1 amide bonds. The predicted octanol–water partition coefficient (Wildman–Crippen LogP) is 3.71. The summed E-state index contributed by atoms with van der Waals surface area (Å²) < 4.78 is 26.9. The first-order chi connectivity index (χ1) is 16.5. The van der Waals surface area contributed by atoms with Gasteiger partial charge in [0.05, 0.1) is 18.7 Å². The molecule has 3 aromatic rings. The molecule has 3 rings (SSSR count). The van der Waals surface area contributed by atoms with Crippen molar-refractivity contribution >= 4 is 11.6 Å². The fourth-order valence-corrected chi connectivity index (χ4v) is 3.81. The average molecular weight is 467 g/mol. The van der Waals surface area contributed by atoms with Crippen LogP contribution in [0.2, 0.25) is 0 Å². The van der Waals surface area contributed by atoms with Crippen LogP contribution in [0.3, 0.4) is 0 Å². The lowest BCUT2D eigenvalue weighted by Gasteiger charge is -2.20. The van der Waals surface area contributed by atoms with Crippen LogP contribution in [0.15, 0.2) is 24.3 Å². The number of rotatable bonds is 11. The van der Waals surface area contributed by atoms with Crippen LogP contribution < -0.4 is 4.74 Å². The molecule has 0 fully saturated rings. The summed E-state index contributed by atoms with van der Waals surface area (Å²) in [6.45, 7) is 7.48. The molecule has 0 radical (unpaired) electrons. The first-order valence-electron chi connectivity index (χ1n) is 11.5. The van der Waals surface area contributed by atoms with Crippen LogP contribution in [-0.4, -0.2) is 58.8 Å². The summed E-state index contributed by atoms with van der Waals surface area (Å²) in [5, 5.41) is 4.78. The smallest absolute Gasteiger partial charge is 0.227 e. The highest BCUT2D eigenvalue weighted by atomic mass is 19.1. The molecule has 7 nitrogen and oxygen atoms in total. The SMILES string of the molecule is C#CCOc1ccc(-c2nn3c(CC)cc(CC)nc3c2CC(=O)N(CC)CCOC)cc1F. The lowest BCUT2D eigenvalue weighted by atomic mass is 10.0. The van der Waals surface area contributed by atoms with Gasteiger partial charge in [0.25, 0.3) is 0 Å². The average Bonchev–Trinajstić information content (AvgIpc) is 3.21. The Morgan fingerprint density at radius 2 is 2.03 bits per heavy atom.